The molecule has 2 aromatic rings. The van der Waals surface area contributed by atoms with E-state index in [9.17, 15) is 14.8 Å². The molecule has 4 atom stereocenters. The zero-order valence-corrected chi connectivity index (χ0v) is 14.5. The van der Waals surface area contributed by atoms with Crippen LogP contribution in [0.3, 0.4) is 0 Å². The Hall–Kier alpha value is -1.69. The van der Waals surface area contributed by atoms with Crippen LogP contribution in [-0.4, -0.2) is 41.3 Å². The van der Waals surface area contributed by atoms with Crippen molar-refractivity contribution < 1.29 is 28.6 Å². The molecule has 1 fully saturated rings. The Morgan fingerprint density at radius 3 is 2.36 bits per heavy atom. The Labute approximate surface area is 146 Å². The molecule has 0 saturated carbocycles. The highest BCUT2D eigenvalue weighted by Crippen LogP contribution is 2.53. The number of aliphatic hydroxyl groups excluding tert-OH is 2. The van der Waals surface area contributed by atoms with E-state index in [1.54, 1.807) is 24.3 Å². The van der Waals surface area contributed by atoms with Gasteiger partial charge in [-0.3, -0.25) is 4.52 Å². The minimum Gasteiger partial charge on any atom is -0.424 e. The third-order valence-electron chi connectivity index (χ3n) is 3.86. The minimum atomic E-state index is -3.59. The van der Waals surface area contributed by atoms with E-state index in [1.165, 1.54) is 0 Å². The lowest BCUT2D eigenvalue weighted by Crippen LogP contribution is -2.47. The highest BCUT2D eigenvalue weighted by Gasteiger charge is 2.45. The fraction of sp³-hybridized carbons (Fsp3) is 0.333. The minimum absolute atomic E-state index is 0.00470. The first kappa shape index (κ1) is 18.1. The van der Waals surface area contributed by atoms with Crippen LogP contribution in [0.15, 0.2) is 60.7 Å². The predicted molar refractivity (Wildman–Crippen MR) is 92.5 cm³/mol. The summed E-state index contributed by atoms with van der Waals surface area (Å²) in [6, 6.07) is 18.1. The summed E-state index contributed by atoms with van der Waals surface area (Å²) < 4.78 is 29.3. The lowest BCUT2D eigenvalue weighted by atomic mass is 10.1. The maximum Gasteiger partial charge on any atom is 0.382 e. The molecule has 1 heterocycles. The summed E-state index contributed by atoms with van der Waals surface area (Å²) in [4.78, 5) is 0. The quantitative estimate of drug-likeness (QED) is 0.767. The summed E-state index contributed by atoms with van der Waals surface area (Å²) in [5.74, 6) is 0.387. The van der Waals surface area contributed by atoms with Gasteiger partial charge in [0, 0.05) is 0 Å². The van der Waals surface area contributed by atoms with E-state index in [-0.39, 0.29) is 12.8 Å². The van der Waals surface area contributed by atoms with Crippen molar-refractivity contribution >= 4 is 7.60 Å². The van der Waals surface area contributed by atoms with Gasteiger partial charge in [-0.2, -0.15) is 0 Å². The van der Waals surface area contributed by atoms with Gasteiger partial charge in [-0.1, -0.05) is 48.5 Å². The van der Waals surface area contributed by atoms with Crippen molar-refractivity contribution in [1.29, 1.82) is 0 Å². The van der Waals surface area contributed by atoms with Crippen LogP contribution in [0, 0.1) is 0 Å². The maximum atomic E-state index is 12.8. The van der Waals surface area contributed by atoms with Gasteiger partial charge in [-0.05, 0) is 17.7 Å². The molecule has 25 heavy (non-hydrogen) atoms. The second kappa shape index (κ2) is 8.13. The molecule has 1 aliphatic heterocycles. The van der Waals surface area contributed by atoms with Crippen LogP contribution in [-0.2, 0) is 20.4 Å². The molecule has 7 heteroatoms. The number of hydrogen-bond donors (Lipinski definition) is 2. The fourth-order valence-corrected chi connectivity index (χ4v) is 4.51. The zero-order valence-electron chi connectivity index (χ0n) is 13.6. The molecule has 0 aromatic heterocycles. The Balaban J connectivity index is 1.61. The summed E-state index contributed by atoms with van der Waals surface area (Å²) >= 11 is 0. The smallest absolute Gasteiger partial charge is 0.382 e. The first-order valence-electron chi connectivity index (χ1n) is 8.06. The Kier molecular flexibility index (Phi) is 5.89. The van der Waals surface area contributed by atoms with Gasteiger partial charge in [0.1, 0.15) is 18.0 Å². The van der Waals surface area contributed by atoms with Gasteiger partial charge in [0.25, 0.3) is 0 Å². The van der Waals surface area contributed by atoms with Crippen LogP contribution in [0.5, 0.6) is 5.75 Å². The summed E-state index contributed by atoms with van der Waals surface area (Å²) in [5.41, 5.74) is 0.970. The van der Waals surface area contributed by atoms with E-state index in [2.05, 4.69) is 0 Å². The van der Waals surface area contributed by atoms with E-state index < -0.39 is 25.9 Å². The highest BCUT2D eigenvalue weighted by atomic mass is 31.2. The number of ether oxygens (including phenoxy) is 1. The molecule has 0 unspecified atom stereocenters. The monoisotopic (exact) mass is 364 g/mol. The molecule has 6 nitrogen and oxygen atoms in total. The van der Waals surface area contributed by atoms with Gasteiger partial charge in [0.05, 0.1) is 25.5 Å². The molecular weight excluding hydrogens is 343 g/mol. The average molecular weight is 364 g/mol. The third-order valence-corrected chi connectivity index (χ3v) is 5.77. The van der Waals surface area contributed by atoms with Gasteiger partial charge in [-0.15, -0.1) is 0 Å². The van der Waals surface area contributed by atoms with Gasteiger partial charge >= 0.3 is 7.60 Å². The molecule has 2 aromatic carbocycles. The largest absolute Gasteiger partial charge is 0.424 e. The highest BCUT2D eigenvalue weighted by molar-refractivity contribution is 7.54. The van der Waals surface area contributed by atoms with Gasteiger partial charge < -0.3 is 19.5 Å². The summed E-state index contributed by atoms with van der Waals surface area (Å²) in [6.45, 7) is 0.322. The molecule has 0 aliphatic carbocycles. The van der Waals surface area contributed by atoms with Crippen molar-refractivity contribution in [1.82, 2.24) is 0 Å². The Bertz CT molecular complexity index is 708. The molecule has 3 rings (SSSR count). The summed E-state index contributed by atoms with van der Waals surface area (Å²) in [7, 11) is -3.59. The van der Waals surface area contributed by atoms with Crippen LogP contribution in [0.25, 0.3) is 0 Å². The molecular formula is C18H21O6P. The van der Waals surface area contributed by atoms with Crippen molar-refractivity contribution in [2.45, 2.75) is 24.9 Å². The van der Waals surface area contributed by atoms with Crippen molar-refractivity contribution in [3.05, 3.63) is 66.2 Å². The molecule has 0 amide bonds. The zero-order chi connectivity index (χ0) is 17.7. The number of hydrogen-bond acceptors (Lipinski definition) is 6. The van der Waals surface area contributed by atoms with Crippen molar-refractivity contribution in [2.75, 3.05) is 12.8 Å². The van der Waals surface area contributed by atoms with Crippen LogP contribution in [0.4, 0.5) is 0 Å². The van der Waals surface area contributed by atoms with E-state index in [4.69, 9.17) is 13.8 Å². The van der Waals surface area contributed by atoms with Crippen molar-refractivity contribution in [3.8, 4) is 5.75 Å². The number of aliphatic hydroxyl groups is 2. The van der Waals surface area contributed by atoms with Gasteiger partial charge in [-0.25, -0.2) is 4.57 Å². The van der Waals surface area contributed by atoms with Crippen LogP contribution in [0.2, 0.25) is 0 Å². The molecule has 0 radical (unpaired) electrons. The van der Waals surface area contributed by atoms with Crippen molar-refractivity contribution in [2.24, 2.45) is 0 Å². The second-order valence-electron chi connectivity index (χ2n) is 5.90. The third kappa shape index (κ3) is 4.91. The standard InChI is InChI=1S/C18H21O6P/c19-16-13-25(21,23-15-9-5-2-6-10-15)24-17(18(16)20)12-22-11-14-7-3-1-4-8-14/h1-10,16-20H,11-13H2/t16-,17+,18-,25+/m0/s1. The van der Waals surface area contributed by atoms with Crippen molar-refractivity contribution in [3.63, 3.8) is 0 Å². The lowest BCUT2D eigenvalue weighted by Gasteiger charge is -2.36. The van der Waals surface area contributed by atoms with Gasteiger partial charge in [0.15, 0.2) is 0 Å². The fourth-order valence-electron chi connectivity index (χ4n) is 2.59. The molecule has 1 saturated heterocycles. The predicted octanol–water partition coefficient (Wildman–Crippen LogP) is 2.60. The molecule has 0 spiro atoms. The normalized spacial score (nSPS) is 29.3. The molecule has 2 N–H and O–H groups in total. The number of para-hydroxylation sites is 1. The van der Waals surface area contributed by atoms with E-state index in [0.717, 1.165) is 5.56 Å². The summed E-state index contributed by atoms with van der Waals surface area (Å²) in [6.07, 6.45) is -3.58. The topological polar surface area (TPSA) is 85.2 Å². The molecule has 0 bridgehead atoms. The van der Waals surface area contributed by atoms with Crippen LogP contribution < -0.4 is 4.52 Å². The van der Waals surface area contributed by atoms with E-state index >= 15 is 0 Å². The summed E-state index contributed by atoms with van der Waals surface area (Å²) in [5, 5.41) is 20.1. The number of benzene rings is 2. The Morgan fingerprint density at radius 2 is 1.68 bits per heavy atom. The van der Waals surface area contributed by atoms with E-state index in [1.807, 2.05) is 36.4 Å². The second-order valence-corrected chi connectivity index (χ2v) is 7.88. The van der Waals surface area contributed by atoms with Gasteiger partial charge in [0.2, 0.25) is 0 Å². The first-order chi connectivity index (χ1) is 12.1. The first-order valence-corrected chi connectivity index (χ1v) is 9.78. The SMILES string of the molecule is O=[P@@]1(Oc2ccccc2)C[C@H](O)[C@H](O)[C@@H](COCc2ccccc2)O1. The van der Waals surface area contributed by atoms with Crippen LogP contribution in [0.1, 0.15) is 5.56 Å². The van der Waals surface area contributed by atoms with E-state index in [0.29, 0.717) is 12.4 Å². The van der Waals surface area contributed by atoms with Crippen LogP contribution >= 0.6 is 7.60 Å². The lowest BCUT2D eigenvalue weighted by molar-refractivity contribution is -0.0907. The average Bonchev–Trinajstić information content (AvgIpc) is 2.61. The maximum absolute atomic E-state index is 12.8. The molecule has 134 valence electrons. The Morgan fingerprint density at radius 1 is 1.04 bits per heavy atom. The number of rotatable bonds is 6. The molecule has 1 aliphatic rings.